The Balaban J connectivity index is 2.49. The number of nitrogens with two attached hydrogens (primary N) is 1. The molecule has 2 aromatic rings. The predicted molar refractivity (Wildman–Crippen MR) is 90.1 cm³/mol. The summed E-state index contributed by atoms with van der Waals surface area (Å²) < 4.78 is 0. The zero-order valence-electron chi connectivity index (χ0n) is 13.3. The molecular formula is C19H26N2. The third-order valence-electron chi connectivity index (χ3n) is 4.26. The average Bonchev–Trinajstić information content (AvgIpc) is 2.54. The van der Waals surface area contributed by atoms with Crippen LogP contribution in [0.2, 0.25) is 0 Å². The highest BCUT2D eigenvalue weighted by molar-refractivity contribution is 5.31. The van der Waals surface area contributed by atoms with E-state index in [0.29, 0.717) is 0 Å². The molecule has 0 saturated carbocycles. The van der Waals surface area contributed by atoms with Crippen molar-refractivity contribution in [2.45, 2.75) is 32.4 Å². The lowest BCUT2D eigenvalue weighted by Crippen LogP contribution is -2.48. The van der Waals surface area contributed by atoms with Gasteiger partial charge >= 0.3 is 0 Å². The standard InChI is InChI=1S/C19H26N2/c1-4-21(5-2)18(16-12-8-6-9-13-16)19(3,20)17-14-10-7-11-15-17/h6-15,18H,4-5,20H2,1-3H3. The minimum absolute atomic E-state index is 0.163. The Morgan fingerprint density at radius 3 is 1.86 bits per heavy atom. The molecular weight excluding hydrogens is 256 g/mol. The fraction of sp³-hybridized carbons (Fsp3) is 0.368. The summed E-state index contributed by atoms with van der Waals surface area (Å²) in [4.78, 5) is 2.43. The van der Waals surface area contributed by atoms with E-state index in [1.807, 2.05) is 6.07 Å². The van der Waals surface area contributed by atoms with Crippen LogP contribution >= 0.6 is 0 Å². The van der Waals surface area contributed by atoms with Crippen molar-refractivity contribution in [2.75, 3.05) is 13.1 Å². The molecule has 2 rings (SSSR count). The monoisotopic (exact) mass is 282 g/mol. The molecule has 21 heavy (non-hydrogen) atoms. The normalized spacial score (nSPS) is 15.7. The van der Waals surface area contributed by atoms with Crippen LogP contribution in [0, 0.1) is 0 Å². The predicted octanol–water partition coefficient (Wildman–Crippen LogP) is 3.94. The lowest BCUT2D eigenvalue weighted by Gasteiger charge is -2.42. The van der Waals surface area contributed by atoms with Crippen LogP contribution in [-0.4, -0.2) is 18.0 Å². The SMILES string of the molecule is CCN(CC)C(c1ccccc1)C(C)(N)c1ccccc1. The summed E-state index contributed by atoms with van der Waals surface area (Å²) in [5.41, 5.74) is 8.83. The molecule has 0 aromatic heterocycles. The highest BCUT2D eigenvalue weighted by Crippen LogP contribution is 2.37. The molecule has 0 aliphatic heterocycles. The van der Waals surface area contributed by atoms with E-state index in [1.54, 1.807) is 0 Å². The Morgan fingerprint density at radius 2 is 1.38 bits per heavy atom. The van der Waals surface area contributed by atoms with Gasteiger partial charge in [-0.15, -0.1) is 0 Å². The van der Waals surface area contributed by atoms with E-state index in [9.17, 15) is 0 Å². The summed E-state index contributed by atoms with van der Waals surface area (Å²) in [5, 5.41) is 0. The van der Waals surface area contributed by atoms with Crippen molar-refractivity contribution in [3.05, 3.63) is 71.8 Å². The highest BCUT2D eigenvalue weighted by atomic mass is 15.2. The van der Waals surface area contributed by atoms with Crippen LogP contribution in [-0.2, 0) is 5.54 Å². The van der Waals surface area contributed by atoms with Crippen molar-refractivity contribution in [2.24, 2.45) is 5.73 Å². The maximum atomic E-state index is 6.82. The van der Waals surface area contributed by atoms with Crippen LogP contribution in [0.3, 0.4) is 0 Å². The van der Waals surface area contributed by atoms with Gasteiger partial charge < -0.3 is 5.73 Å². The summed E-state index contributed by atoms with van der Waals surface area (Å²) in [6.07, 6.45) is 0. The molecule has 0 aliphatic rings. The minimum atomic E-state index is -0.436. The van der Waals surface area contributed by atoms with Crippen LogP contribution in [0.4, 0.5) is 0 Å². The second kappa shape index (κ2) is 6.88. The number of hydrogen-bond donors (Lipinski definition) is 1. The minimum Gasteiger partial charge on any atom is -0.320 e. The van der Waals surface area contributed by atoms with Gasteiger partial charge in [-0.05, 0) is 31.1 Å². The van der Waals surface area contributed by atoms with Crippen LogP contribution in [0.5, 0.6) is 0 Å². The fourth-order valence-electron chi connectivity index (χ4n) is 3.12. The van der Waals surface area contributed by atoms with E-state index >= 15 is 0 Å². The quantitative estimate of drug-likeness (QED) is 0.869. The molecule has 0 aliphatic carbocycles. The number of benzene rings is 2. The summed E-state index contributed by atoms with van der Waals surface area (Å²) in [5.74, 6) is 0. The summed E-state index contributed by atoms with van der Waals surface area (Å²) in [7, 11) is 0. The molecule has 2 nitrogen and oxygen atoms in total. The second-order valence-corrected chi connectivity index (χ2v) is 5.68. The Labute approximate surface area is 128 Å². The molecule has 0 spiro atoms. The van der Waals surface area contributed by atoms with Gasteiger partial charge in [0, 0.05) is 0 Å². The average molecular weight is 282 g/mol. The Hall–Kier alpha value is -1.64. The van der Waals surface area contributed by atoms with Gasteiger partial charge in [0.1, 0.15) is 0 Å². The first kappa shape index (κ1) is 15.7. The van der Waals surface area contributed by atoms with E-state index in [2.05, 4.69) is 80.3 Å². The van der Waals surface area contributed by atoms with Crippen LogP contribution < -0.4 is 5.73 Å². The molecule has 0 saturated heterocycles. The van der Waals surface area contributed by atoms with Crippen molar-refractivity contribution in [3.63, 3.8) is 0 Å². The summed E-state index contributed by atoms with van der Waals surface area (Å²) >= 11 is 0. The van der Waals surface area contributed by atoms with E-state index in [4.69, 9.17) is 5.73 Å². The number of likely N-dealkylation sites (N-methyl/N-ethyl adjacent to an activating group) is 1. The lowest BCUT2D eigenvalue weighted by molar-refractivity contribution is 0.140. The molecule has 2 aromatic carbocycles. The Bertz CT molecular complexity index is 530. The first-order valence-corrected chi connectivity index (χ1v) is 7.74. The first-order valence-electron chi connectivity index (χ1n) is 7.74. The molecule has 2 unspecified atom stereocenters. The van der Waals surface area contributed by atoms with Crippen molar-refractivity contribution in [1.82, 2.24) is 4.90 Å². The number of hydrogen-bond acceptors (Lipinski definition) is 2. The van der Waals surface area contributed by atoms with E-state index < -0.39 is 5.54 Å². The number of nitrogens with zero attached hydrogens (tertiary/aromatic N) is 1. The van der Waals surface area contributed by atoms with Crippen LogP contribution in [0.25, 0.3) is 0 Å². The first-order chi connectivity index (χ1) is 10.1. The highest BCUT2D eigenvalue weighted by Gasteiger charge is 2.36. The van der Waals surface area contributed by atoms with Gasteiger partial charge in [0.15, 0.2) is 0 Å². The zero-order valence-corrected chi connectivity index (χ0v) is 13.3. The van der Waals surface area contributed by atoms with Crippen LogP contribution in [0.1, 0.15) is 37.9 Å². The van der Waals surface area contributed by atoms with Crippen molar-refractivity contribution < 1.29 is 0 Å². The van der Waals surface area contributed by atoms with Crippen LogP contribution in [0.15, 0.2) is 60.7 Å². The third kappa shape index (κ3) is 3.34. The van der Waals surface area contributed by atoms with E-state index in [0.717, 1.165) is 13.1 Å². The van der Waals surface area contributed by atoms with Crippen molar-refractivity contribution >= 4 is 0 Å². The van der Waals surface area contributed by atoms with Gasteiger partial charge in [0.25, 0.3) is 0 Å². The van der Waals surface area contributed by atoms with E-state index in [-0.39, 0.29) is 6.04 Å². The van der Waals surface area contributed by atoms with Gasteiger partial charge in [-0.3, -0.25) is 4.90 Å². The fourth-order valence-corrected chi connectivity index (χ4v) is 3.12. The molecule has 112 valence electrons. The summed E-state index contributed by atoms with van der Waals surface area (Å²) in [6, 6.07) is 21.2. The van der Waals surface area contributed by atoms with Gasteiger partial charge in [-0.1, -0.05) is 74.5 Å². The number of rotatable bonds is 6. The third-order valence-corrected chi connectivity index (χ3v) is 4.26. The van der Waals surface area contributed by atoms with Gasteiger partial charge in [-0.25, -0.2) is 0 Å². The lowest BCUT2D eigenvalue weighted by atomic mass is 9.80. The Morgan fingerprint density at radius 1 is 0.905 bits per heavy atom. The molecule has 0 heterocycles. The maximum absolute atomic E-state index is 6.82. The second-order valence-electron chi connectivity index (χ2n) is 5.68. The molecule has 0 fully saturated rings. The topological polar surface area (TPSA) is 29.3 Å². The van der Waals surface area contributed by atoms with Crippen molar-refractivity contribution in [1.29, 1.82) is 0 Å². The van der Waals surface area contributed by atoms with Gasteiger partial charge in [0.05, 0.1) is 11.6 Å². The smallest absolute Gasteiger partial charge is 0.0580 e. The molecule has 0 radical (unpaired) electrons. The molecule has 2 heteroatoms. The van der Waals surface area contributed by atoms with Gasteiger partial charge in [0.2, 0.25) is 0 Å². The molecule has 0 bridgehead atoms. The zero-order chi connectivity index (χ0) is 15.3. The largest absolute Gasteiger partial charge is 0.320 e. The van der Waals surface area contributed by atoms with Crippen molar-refractivity contribution in [3.8, 4) is 0 Å². The summed E-state index contributed by atoms with van der Waals surface area (Å²) in [6.45, 7) is 8.49. The molecule has 2 atom stereocenters. The van der Waals surface area contributed by atoms with E-state index in [1.165, 1.54) is 11.1 Å². The molecule has 2 N–H and O–H groups in total. The maximum Gasteiger partial charge on any atom is 0.0580 e. The Kier molecular flexibility index (Phi) is 5.16. The molecule has 0 amide bonds. The van der Waals surface area contributed by atoms with Gasteiger partial charge in [-0.2, -0.15) is 0 Å².